The van der Waals surface area contributed by atoms with E-state index in [1.807, 2.05) is 0 Å². The van der Waals surface area contributed by atoms with Crippen LogP contribution in [0.5, 0.6) is 0 Å². The number of hydrogen-bond acceptors (Lipinski definition) is 3. The molecule has 28 heavy (non-hydrogen) atoms. The van der Waals surface area contributed by atoms with E-state index in [9.17, 15) is 0 Å². The summed E-state index contributed by atoms with van der Waals surface area (Å²) < 4.78 is 0. The summed E-state index contributed by atoms with van der Waals surface area (Å²) in [6.45, 7) is 7.58. The Balaban J connectivity index is -0.0000000193. The molecule has 0 unspecified atom stereocenters. The molecule has 0 saturated carbocycles. The van der Waals surface area contributed by atoms with Crippen molar-refractivity contribution in [2.45, 2.75) is 97.8 Å². The van der Waals surface area contributed by atoms with Crippen molar-refractivity contribution in [3.63, 3.8) is 0 Å². The largest absolute Gasteiger partial charge is 0.412 e. The number of rotatable bonds is 12. The molecule has 0 rings (SSSR count). The molecule has 0 aromatic heterocycles. The zero-order chi connectivity index (χ0) is 16.6. The SMILES string of the molecule is CCCCCCO.CCCCCCO.CCCCCCO.O.O.O.O.O.[Hf].[Hf]. The van der Waals surface area contributed by atoms with Crippen molar-refractivity contribution in [3.05, 3.63) is 0 Å². The first kappa shape index (κ1) is 63.0. The first-order chi connectivity index (χ1) is 10.2. The molecule has 0 bridgehead atoms. The minimum Gasteiger partial charge on any atom is -0.412 e. The number of aliphatic hydroxyl groups is 3. The molecule has 0 fully saturated rings. The molecular weight excluding hydrogens is 701 g/mol. The van der Waals surface area contributed by atoms with Crippen molar-refractivity contribution in [1.82, 2.24) is 0 Å². The molecule has 0 aliphatic rings. The van der Waals surface area contributed by atoms with E-state index in [4.69, 9.17) is 15.3 Å². The number of hydrogen-bond donors (Lipinski definition) is 3. The van der Waals surface area contributed by atoms with Crippen molar-refractivity contribution in [3.8, 4) is 0 Å². The maximum atomic E-state index is 8.29. The van der Waals surface area contributed by atoms with E-state index in [0.717, 1.165) is 19.3 Å². The van der Waals surface area contributed by atoms with Crippen LogP contribution in [0.3, 0.4) is 0 Å². The van der Waals surface area contributed by atoms with Crippen LogP contribution in [0, 0.1) is 0 Å². The fraction of sp³-hybridized carbons (Fsp3) is 1.00. The Hall–Kier alpha value is 1.42. The van der Waals surface area contributed by atoms with Gasteiger partial charge in [-0.25, -0.2) is 0 Å². The molecule has 0 atom stereocenters. The molecule has 10 heteroatoms. The van der Waals surface area contributed by atoms with Crippen LogP contribution in [0.4, 0.5) is 0 Å². The minimum atomic E-state index is 0. The Labute approximate surface area is 211 Å². The molecule has 0 radical (unpaired) electrons. The van der Waals surface area contributed by atoms with Gasteiger partial charge in [0.2, 0.25) is 0 Å². The summed E-state index contributed by atoms with van der Waals surface area (Å²) in [4.78, 5) is 0. The minimum absolute atomic E-state index is 0. The van der Waals surface area contributed by atoms with Gasteiger partial charge in [-0.15, -0.1) is 0 Å². The Kier molecular flexibility index (Phi) is 178. The summed E-state index contributed by atoms with van der Waals surface area (Å²) in [6.07, 6.45) is 14.0. The number of unbranched alkanes of at least 4 members (excludes halogenated alkanes) is 9. The maximum Gasteiger partial charge on any atom is 0.0431 e. The quantitative estimate of drug-likeness (QED) is 0.192. The maximum absolute atomic E-state index is 8.29. The molecule has 0 heterocycles. The summed E-state index contributed by atoms with van der Waals surface area (Å²) >= 11 is 0. The third kappa shape index (κ3) is 106. The van der Waals surface area contributed by atoms with Crippen molar-refractivity contribution < 1.29 is 94.4 Å². The van der Waals surface area contributed by atoms with E-state index in [-0.39, 0.29) is 79.1 Å². The Bertz CT molecular complexity index is 115. The van der Waals surface area contributed by atoms with Gasteiger partial charge in [0.1, 0.15) is 0 Å². The Morgan fingerprint density at radius 2 is 0.536 bits per heavy atom. The summed E-state index contributed by atoms with van der Waals surface area (Å²) in [5.41, 5.74) is 0. The normalized spacial score (nSPS) is 7.07. The molecule has 0 amide bonds. The van der Waals surface area contributed by atoms with E-state index < -0.39 is 0 Å². The van der Waals surface area contributed by atoms with Crippen LogP contribution in [0.2, 0.25) is 0 Å². The third-order valence-electron chi connectivity index (χ3n) is 3.04. The van der Waals surface area contributed by atoms with Crippen LogP contribution in [0.15, 0.2) is 0 Å². The van der Waals surface area contributed by atoms with Crippen LogP contribution >= 0.6 is 0 Å². The van der Waals surface area contributed by atoms with Crippen molar-refractivity contribution >= 4 is 0 Å². The topological polar surface area (TPSA) is 218 Å². The first-order valence-electron chi connectivity index (χ1n) is 9.07. The second-order valence-corrected chi connectivity index (χ2v) is 5.35. The summed E-state index contributed by atoms with van der Waals surface area (Å²) in [5, 5.41) is 24.9. The molecule has 0 spiro atoms. The molecule has 0 aliphatic heterocycles. The summed E-state index contributed by atoms with van der Waals surface area (Å²) in [6, 6.07) is 0. The molecule has 8 nitrogen and oxygen atoms in total. The van der Waals surface area contributed by atoms with Gasteiger partial charge in [-0.1, -0.05) is 78.6 Å². The van der Waals surface area contributed by atoms with Crippen LogP contribution in [-0.4, -0.2) is 62.5 Å². The van der Waals surface area contributed by atoms with Crippen LogP contribution in [0.1, 0.15) is 97.8 Å². The zero-order valence-electron chi connectivity index (χ0n) is 18.4. The van der Waals surface area contributed by atoms with Crippen molar-refractivity contribution in [2.75, 3.05) is 19.8 Å². The van der Waals surface area contributed by atoms with Gasteiger partial charge in [-0.2, -0.15) is 0 Å². The first-order valence-corrected chi connectivity index (χ1v) is 9.07. The molecular formula is C18H52Hf2O8. The van der Waals surface area contributed by atoms with Crippen molar-refractivity contribution in [2.24, 2.45) is 0 Å². The molecule has 0 aliphatic carbocycles. The van der Waals surface area contributed by atoms with Crippen LogP contribution in [-0.2, 0) is 51.7 Å². The van der Waals surface area contributed by atoms with Crippen LogP contribution < -0.4 is 0 Å². The van der Waals surface area contributed by atoms with E-state index in [1.165, 1.54) is 57.8 Å². The van der Waals surface area contributed by atoms with E-state index in [0.29, 0.717) is 19.8 Å². The predicted molar refractivity (Wildman–Crippen MR) is 112 cm³/mol. The van der Waals surface area contributed by atoms with Gasteiger partial charge >= 0.3 is 0 Å². The van der Waals surface area contributed by atoms with Gasteiger partial charge in [0.25, 0.3) is 0 Å². The monoisotopic (exact) mass is 756 g/mol. The standard InChI is InChI=1S/3C6H14O.2Hf.5H2O/c3*1-2-3-4-5-6-7;;;;;;;/h3*7H,2-6H2,1H3;;;5*1H2. The van der Waals surface area contributed by atoms with Crippen LogP contribution in [0.25, 0.3) is 0 Å². The second-order valence-electron chi connectivity index (χ2n) is 5.35. The van der Waals surface area contributed by atoms with E-state index in [2.05, 4.69) is 20.8 Å². The summed E-state index contributed by atoms with van der Waals surface area (Å²) in [5.74, 6) is 0. The van der Waals surface area contributed by atoms with Gasteiger partial charge in [0.05, 0.1) is 0 Å². The average Bonchev–Trinajstić information content (AvgIpc) is 2.50. The fourth-order valence-corrected chi connectivity index (χ4v) is 1.62. The van der Waals surface area contributed by atoms with Gasteiger partial charge in [0.15, 0.2) is 0 Å². The van der Waals surface area contributed by atoms with Gasteiger partial charge in [-0.05, 0) is 19.3 Å². The molecule has 0 saturated heterocycles. The second kappa shape index (κ2) is 79.3. The molecule has 13 N–H and O–H groups in total. The van der Waals surface area contributed by atoms with Crippen molar-refractivity contribution in [1.29, 1.82) is 0 Å². The van der Waals surface area contributed by atoms with Gasteiger partial charge in [-0.3, -0.25) is 0 Å². The third-order valence-corrected chi connectivity index (χ3v) is 3.04. The fourth-order valence-electron chi connectivity index (χ4n) is 1.62. The Morgan fingerprint density at radius 3 is 0.643 bits per heavy atom. The smallest absolute Gasteiger partial charge is 0.0431 e. The van der Waals surface area contributed by atoms with Gasteiger partial charge in [0, 0.05) is 71.5 Å². The van der Waals surface area contributed by atoms with E-state index >= 15 is 0 Å². The number of aliphatic hydroxyl groups excluding tert-OH is 3. The Morgan fingerprint density at radius 1 is 0.357 bits per heavy atom. The van der Waals surface area contributed by atoms with E-state index in [1.54, 1.807) is 0 Å². The average molecular weight is 754 g/mol. The zero-order valence-corrected chi connectivity index (χ0v) is 25.6. The predicted octanol–water partition coefficient (Wildman–Crippen LogP) is 0.549. The summed E-state index contributed by atoms with van der Waals surface area (Å²) in [7, 11) is 0. The molecule has 180 valence electrons. The van der Waals surface area contributed by atoms with Gasteiger partial charge < -0.3 is 42.7 Å². The molecule has 0 aromatic rings. The molecule has 0 aromatic carbocycles.